The average molecular weight is 530 g/mol. The van der Waals surface area contributed by atoms with Crippen molar-refractivity contribution in [3.05, 3.63) is 111 Å². The highest BCUT2D eigenvalue weighted by Gasteiger charge is 2.45. The molecule has 1 unspecified atom stereocenters. The monoisotopic (exact) mass is 529 g/mol. The summed E-state index contributed by atoms with van der Waals surface area (Å²) in [6.07, 6.45) is 0.608. The predicted octanol–water partition coefficient (Wildman–Crippen LogP) is 4.86. The van der Waals surface area contributed by atoms with Gasteiger partial charge in [0.25, 0.3) is 17.4 Å². The van der Waals surface area contributed by atoms with Gasteiger partial charge in [0, 0.05) is 24.2 Å². The van der Waals surface area contributed by atoms with Gasteiger partial charge in [-0.25, -0.2) is 0 Å². The number of hydrogen-bond donors (Lipinski definition) is 1. The van der Waals surface area contributed by atoms with E-state index in [1.54, 1.807) is 24.3 Å². The molecule has 1 saturated heterocycles. The quantitative estimate of drug-likeness (QED) is 0.131. The molecule has 1 amide bonds. The fourth-order valence-corrected chi connectivity index (χ4v) is 4.59. The van der Waals surface area contributed by atoms with Crippen molar-refractivity contribution < 1.29 is 24.4 Å². The second-order valence-electron chi connectivity index (χ2n) is 9.74. The highest BCUT2D eigenvalue weighted by atomic mass is 16.6. The Morgan fingerprint density at radius 2 is 1.69 bits per heavy atom. The van der Waals surface area contributed by atoms with Gasteiger partial charge in [0.2, 0.25) is 0 Å². The van der Waals surface area contributed by atoms with Gasteiger partial charge in [-0.15, -0.1) is 0 Å². The molecule has 1 aliphatic heterocycles. The maximum Gasteiger partial charge on any atom is 0.295 e. The Labute approximate surface area is 227 Å². The zero-order valence-corrected chi connectivity index (χ0v) is 22.2. The van der Waals surface area contributed by atoms with Crippen LogP contribution in [0.15, 0.2) is 78.4 Å². The van der Waals surface area contributed by atoms with E-state index in [4.69, 9.17) is 4.74 Å². The molecular weight excluding hydrogens is 498 g/mol. The summed E-state index contributed by atoms with van der Waals surface area (Å²) < 4.78 is 5.89. The zero-order valence-electron chi connectivity index (χ0n) is 22.2. The van der Waals surface area contributed by atoms with Crippen molar-refractivity contribution in [2.45, 2.75) is 26.0 Å². The van der Waals surface area contributed by atoms with E-state index in [1.165, 1.54) is 29.2 Å². The number of rotatable bonds is 10. The topological polar surface area (TPSA) is 113 Å². The smallest absolute Gasteiger partial charge is 0.295 e. The van der Waals surface area contributed by atoms with Crippen LogP contribution in [0, 0.1) is 17.0 Å². The number of aliphatic hydroxyl groups is 1. The van der Waals surface area contributed by atoms with E-state index in [9.17, 15) is 24.8 Å². The molecule has 1 fully saturated rings. The van der Waals surface area contributed by atoms with Crippen LogP contribution >= 0.6 is 0 Å². The number of aliphatic hydroxyl groups excluding tert-OH is 1. The van der Waals surface area contributed by atoms with Gasteiger partial charge in [0.15, 0.2) is 0 Å². The van der Waals surface area contributed by atoms with Crippen LogP contribution in [0.1, 0.15) is 34.7 Å². The summed E-state index contributed by atoms with van der Waals surface area (Å²) in [7, 11) is 3.83. The zero-order chi connectivity index (χ0) is 28.1. The standard InChI is InChI=1S/C30H31N3O6/c1-20-7-4-5-8-23(20)19-39-25-15-11-22(12-16-25)28(34)26-27(21-9-13-24(14-10-21)33(37)38)32(30(36)29(26)35)18-6-17-31(2)3/h4-5,7-16,27,34H,6,17-19H2,1-3H3. The number of nitro benzene ring substituents is 1. The molecule has 0 aliphatic carbocycles. The number of nitro groups is 1. The summed E-state index contributed by atoms with van der Waals surface area (Å²) in [6, 6.07) is 19.4. The molecule has 3 aromatic rings. The van der Waals surface area contributed by atoms with E-state index in [-0.39, 0.29) is 23.6 Å². The minimum Gasteiger partial charge on any atom is -0.507 e. The molecule has 39 heavy (non-hydrogen) atoms. The van der Waals surface area contributed by atoms with Crippen LogP contribution in [0.2, 0.25) is 0 Å². The van der Waals surface area contributed by atoms with Crippen molar-refractivity contribution in [3.63, 3.8) is 0 Å². The lowest BCUT2D eigenvalue weighted by Gasteiger charge is -2.26. The average Bonchev–Trinajstić information content (AvgIpc) is 3.17. The number of amides is 1. The maximum absolute atomic E-state index is 13.2. The molecule has 0 aromatic heterocycles. The summed E-state index contributed by atoms with van der Waals surface area (Å²) in [6.45, 7) is 3.38. The second-order valence-corrected chi connectivity index (χ2v) is 9.74. The highest BCUT2D eigenvalue weighted by Crippen LogP contribution is 2.40. The molecule has 0 radical (unpaired) electrons. The number of carbonyl (C=O) groups is 2. The second kappa shape index (κ2) is 11.9. The SMILES string of the molecule is Cc1ccccc1COc1ccc(C(O)=C2C(=O)C(=O)N(CCCN(C)C)C2c2ccc([N+](=O)[O-])cc2)cc1. The van der Waals surface area contributed by atoms with Gasteiger partial charge in [0.05, 0.1) is 16.5 Å². The number of Topliss-reactive ketones (excluding diaryl/α,β-unsaturated/α-hetero) is 1. The lowest BCUT2D eigenvalue weighted by molar-refractivity contribution is -0.384. The number of nitrogens with zero attached hydrogens (tertiary/aromatic N) is 3. The first-order chi connectivity index (χ1) is 18.7. The van der Waals surface area contributed by atoms with Gasteiger partial charge in [-0.3, -0.25) is 19.7 Å². The van der Waals surface area contributed by atoms with Crippen LogP contribution in [-0.4, -0.2) is 58.7 Å². The third kappa shape index (κ3) is 6.15. The molecule has 1 heterocycles. The Morgan fingerprint density at radius 1 is 1.03 bits per heavy atom. The van der Waals surface area contributed by atoms with Crippen LogP contribution in [-0.2, 0) is 16.2 Å². The molecule has 1 aliphatic rings. The number of aryl methyl sites for hydroxylation is 1. The lowest BCUT2D eigenvalue weighted by atomic mass is 9.95. The van der Waals surface area contributed by atoms with E-state index in [0.717, 1.165) is 11.1 Å². The van der Waals surface area contributed by atoms with Crippen LogP contribution in [0.4, 0.5) is 5.69 Å². The Balaban J connectivity index is 1.65. The Morgan fingerprint density at radius 3 is 2.31 bits per heavy atom. The molecule has 202 valence electrons. The van der Waals surface area contributed by atoms with Crippen molar-refractivity contribution in [1.29, 1.82) is 0 Å². The molecule has 9 heteroatoms. The van der Waals surface area contributed by atoms with Gasteiger partial charge >= 0.3 is 0 Å². The van der Waals surface area contributed by atoms with E-state index in [2.05, 4.69) is 0 Å². The van der Waals surface area contributed by atoms with Crippen LogP contribution in [0.3, 0.4) is 0 Å². The molecule has 0 spiro atoms. The molecule has 1 atom stereocenters. The number of benzene rings is 3. The van der Waals surface area contributed by atoms with Gasteiger partial charge in [0.1, 0.15) is 18.1 Å². The Kier molecular flexibility index (Phi) is 8.41. The normalized spacial score (nSPS) is 16.6. The summed E-state index contributed by atoms with van der Waals surface area (Å²) in [5.41, 5.74) is 2.88. The van der Waals surface area contributed by atoms with Crippen LogP contribution in [0.5, 0.6) is 5.75 Å². The summed E-state index contributed by atoms with van der Waals surface area (Å²) in [5, 5.41) is 22.4. The molecule has 9 nitrogen and oxygen atoms in total. The van der Waals surface area contributed by atoms with Gasteiger partial charge in [-0.1, -0.05) is 24.3 Å². The largest absolute Gasteiger partial charge is 0.507 e. The third-order valence-electron chi connectivity index (χ3n) is 6.75. The van der Waals surface area contributed by atoms with Gasteiger partial charge in [-0.2, -0.15) is 0 Å². The minimum atomic E-state index is -0.870. The fraction of sp³-hybridized carbons (Fsp3) is 0.267. The first-order valence-electron chi connectivity index (χ1n) is 12.6. The third-order valence-corrected chi connectivity index (χ3v) is 6.75. The van der Waals surface area contributed by atoms with Crippen molar-refractivity contribution in [2.24, 2.45) is 0 Å². The number of ether oxygens (including phenoxy) is 1. The summed E-state index contributed by atoms with van der Waals surface area (Å²) >= 11 is 0. The minimum absolute atomic E-state index is 0.0488. The number of ketones is 1. The maximum atomic E-state index is 13.2. The Bertz CT molecular complexity index is 1400. The van der Waals surface area contributed by atoms with Crippen molar-refractivity contribution >= 4 is 23.1 Å². The number of hydrogen-bond acceptors (Lipinski definition) is 7. The number of likely N-dealkylation sites (tertiary alicyclic amines) is 1. The number of carbonyl (C=O) groups excluding carboxylic acids is 2. The van der Waals surface area contributed by atoms with Gasteiger partial charge in [-0.05, 0) is 87.1 Å². The van der Waals surface area contributed by atoms with E-state index < -0.39 is 22.7 Å². The molecule has 0 saturated carbocycles. The number of non-ortho nitro benzene ring substituents is 1. The molecule has 0 bridgehead atoms. The highest BCUT2D eigenvalue weighted by molar-refractivity contribution is 6.46. The van der Waals surface area contributed by atoms with Gasteiger partial charge < -0.3 is 19.6 Å². The molecule has 4 rings (SSSR count). The predicted molar refractivity (Wildman–Crippen MR) is 147 cm³/mol. The van der Waals surface area contributed by atoms with Crippen molar-refractivity contribution in [1.82, 2.24) is 9.80 Å². The first kappa shape index (κ1) is 27.5. The van der Waals surface area contributed by atoms with Crippen LogP contribution < -0.4 is 4.74 Å². The first-order valence-corrected chi connectivity index (χ1v) is 12.6. The summed E-state index contributed by atoms with van der Waals surface area (Å²) in [4.78, 5) is 40.3. The lowest BCUT2D eigenvalue weighted by Crippen LogP contribution is -2.32. The fourth-order valence-electron chi connectivity index (χ4n) is 4.59. The van der Waals surface area contributed by atoms with Crippen molar-refractivity contribution in [2.75, 3.05) is 27.2 Å². The van der Waals surface area contributed by atoms with Crippen molar-refractivity contribution in [3.8, 4) is 5.75 Å². The molecule has 3 aromatic carbocycles. The molecule has 1 N–H and O–H groups in total. The van der Waals surface area contributed by atoms with E-state index in [1.807, 2.05) is 50.2 Å². The molecular formula is C30H31N3O6. The Hall–Kier alpha value is -4.50. The van der Waals surface area contributed by atoms with E-state index in [0.29, 0.717) is 36.4 Å². The summed E-state index contributed by atoms with van der Waals surface area (Å²) in [5.74, 6) is -1.22. The van der Waals surface area contributed by atoms with Crippen LogP contribution in [0.25, 0.3) is 5.76 Å². The van der Waals surface area contributed by atoms with E-state index >= 15 is 0 Å².